The number of rotatable bonds is 1. The molecule has 0 radical (unpaired) electrons. The van der Waals surface area contributed by atoms with E-state index in [4.69, 9.17) is 5.73 Å². The number of fused-ring (bicyclic) bond motifs is 2. The Morgan fingerprint density at radius 2 is 1.24 bits per heavy atom. The largest absolute Gasteiger partial charge is 0.396 e. The maximum atomic E-state index is 14.0. The summed E-state index contributed by atoms with van der Waals surface area (Å²) in [6, 6.07) is 14.7. The molecule has 6 nitrogen and oxygen atoms in total. The first-order valence-corrected chi connectivity index (χ1v) is 9.34. The zero-order valence-electron chi connectivity index (χ0n) is 16.7. The van der Waals surface area contributed by atoms with Gasteiger partial charge in [0.15, 0.2) is 0 Å². The van der Waals surface area contributed by atoms with Gasteiger partial charge in [0, 0.05) is 22.3 Å². The lowest BCUT2D eigenvalue weighted by Crippen LogP contribution is -2.02. The van der Waals surface area contributed by atoms with E-state index in [-0.39, 0.29) is 50.5 Å². The van der Waals surface area contributed by atoms with Crippen molar-refractivity contribution in [3.05, 3.63) is 93.7 Å². The highest BCUT2D eigenvalue weighted by atomic mass is 19.1. The lowest BCUT2D eigenvalue weighted by Gasteiger charge is -2.06. The van der Waals surface area contributed by atoms with Crippen molar-refractivity contribution in [1.82, 2.24) is 0 Å². The second kappa shape index (κ2) is 7.75. The van der Waals surface area contributed by atoms with Gasteiger partial charge < -0.3 is 5.73 Å². The van der Waals surface area contributed by atoms with Crippen LogP contribution in [0.1, 0.15) is 22.3 Å². The van der Waals surface area contributed by atoms with Crippen LogP contribution in [0.3, 0.4) is 0 Å². The summed E-state index contributed by atoms with van der Waals surface area (Å²) in [5.41, 5.74) is 7.58. The molecule has 154 valence electrons. The minimum Gasteiger partial charge on any atom is -0.396 e. The number of aliphatic imine (C=N–C) groups is 1. The highest BCUT2D eigenvalue weighted by molar-refractivity contribution is 6.51. The Morgan fingerprint density at radius 3 is 1.79 bits per heavy atom. The third-order valence-electron chi connectivity index (χ3n) is 5.30. The van der Waals surface area contributed by atoms with Gasteiger partial charge in [0.25, 0.3) is 0 Å². The van der Waals surface area contributed by atoms with Crippen molar-refractivity contribution in [3.8, 4) is 24.3 Å². The maximum absolute atomic E-state index is 14.0. The second-order valence-corrected chi connectivity index (χ2v) is 7.03. The predicted octanol–water partition coefficient (Wildman–Crippen LogP) is 4.38. The molecule has 0 aliphatic heterocycles. The fourth-order valence-electron chi connectivity index (χ4n) is 3.88. The molecule has 0 spiro atoms. The fourth-order valence-corrected chi connectivity index (χ4v) is 3.88. The van der Waals surface area contributed by atoms with E-state index in [1.54, 1.807) is 24.3 Å². The molecule has 2 N–H and O–H groups in total. The van der Waals surface area contributed by atoms with Gasteiger partial charge in [-0.25, -0.2) is 13.8 Å². The third-order valence-corrected chi connectivity index (χ3v) is 5.30. The smallest absolute Gasteiger partial charge is 0.139 e. The summed E-state index contributed by atoms with van der Waals surface area (Å²) >= 11 is 0. The predicted molar refractivity (Wildman–Crippen MR) is 117 cm³/mol. The van der Waals surface area contributed by atoms with E-state index in [1.165, 1.54) is 30.3 Å². The Bertz CT molecular complexity index is 1560. The number of nitrogens with two attached hydrogens (primary N) is 1. The molecular weight excluding hydrogens is 422 g/mol. The Morgan fingerprint density at radius 1 is 0.758 bits per heavy atom. The Hall–Kier alpha value is -5.31. The Balaban J connectivity index is 2.08. The molecule has 0 unspecified atom stereocenters. The number of hydrogen-bond donors (Lipinski definition) is 1. The number of hydrogen-bond acceptors (Lipinski definition) is 6. The molecule has 2 aromatic rings. The highest BCUT2D eigenvalue weighted by Crippen LogP contribution is 2.45. The van der Waals surface area contributed by atoms with Crippen LogP contribution in [-0.4, -0.2) is 5.71 Å². The summed E-state index contributed by atoms with van der Waals surface area (Å²) in [6.07, 6.45) is 0. The summed E-state index contributed by atoms with van der Waals surface area (Å²) in [4.78, 5) is 4.57. The van der Waals surface area contributed by atoms with Crippen molar-refractivity contribution in [2.24, 2.45) is 10.7 Å². The van der Waals surface area contributed by atoms with Gasteiger partial charge in [0.1, 0.15) is 47.1 Å². The van der Waals surface area contributed by atoms with Gasteiger partial charge in [-0.3, -0.25) is 0 Å². The molecule has 4 rings (SSSR count). The summed E-state index contributed by atoms with van der Waals surface area (Å²) in [7, 11) is 0. The molecule has 0 saturated heterocycles. The summed E-state index contributed by atoms with van der Waals surface area (Å²) in [5.74, 6) is -1.18. The van der Waals surface area contributed by atoms with E-state index in [9.17, 15) is 29.8 Å². The lowest BCUT2D eigenvalue weighted by molar-refractivity contribution is 0.627. The van der Waals surface area contributed by atoms with E-state index in [0.717, 1.165) is 6.07 Å². The van der Waals surface area contributed by atoms with Crippen LogP contribution in [0.25, 0.3) is 22.4 Å². The van der Waals surface area contributed by atoms with Crippen LogP contribution in [0, 0.1) is 57.0 Å². The quantitative estimate of drug-likeness (QED) is 0.668. The first-order valence-electron chi connectivity index (χ1n) is 9.34. The molecule has 0 amide bonds. The number of nitrogens with zero attached hydrogens (tertiary/aromatic N) is 5. The van der Waals surface area contributed by atoms with Crippen LogP contribution >= 0.6 is 0 Å². The number of halogens is 2. The molecule has 0 heterocycles. The van der Waals surface area contributed by atoms with Crippen molar-refractivity contribution >= 4 is 28.1 Å². The molecule has 0 aromatic heterocycles. The minimum absolute atomic E-state index is 0.0346. The summed E-state index contributed by atoms with van der Waals surface area (Å²) < 4.78 is 28.0. The normalized spacial score (nSPS) is 14.8. The molecule has 2 aliphatic rings. The van der Waals surface area contributed by atoms with Crippen LogP contribution < -0.4 is 5.73 Å². The van der Waals surface area contributed by atoms with Gasteiger partial charge in [-0.2, -0.15) is 21.0 Å². The SMILES string of the molecule is C=C1C(=NC2=C(N)C(=C(C#N)C#N)c3cc(F)ccc32)C(=C(C#N)C#N)c2cc(F)ccc21. The molecule has 0 atom stereocenters. The fraction of sp³-hybridized carbons (Fsp3) is 0. The molecule has 0 saturated carbocycles. The van der Waals surface area contributed by atoms with E-state index < -0.39 is 11.6 Å². The van der Waals surface area contributed by atoms with Gasteiger partial charge in [-0.15, -0.1) is 0 Å². The zero-order valence-corrected chi connectivity index (χ0v) is 16.7. The van der Waals surface area contributed by atoms with Crippen molar-refractivity contribution in [3.63, 3.8) is 0 Å². The first kappa shape index (κ1) is 20.9. The van der Waals surface area contributed by atoms with Crippen LogP contribution in [-0.2, 0) is 0 Å². The molecule has 33 heavy (non-hydrogen) atoms. The molecule has 2 aliphatic carbocycles. The van der Waals surface area contributed by atoms with Crippen LogP contribution in [0.15, 0.2) is 64.8 Å². The van der Waals surface area contributed by atoms with Gasteiger partial charge in [-0.05, 0) is 47.0 Å². The van der Waals surface area contributed by atoms with Crippen LogP contribution in [0.2, 0.25) is 0 Å². The van der Waals surface area contributed by atoms with E-state index >= 15 is 0 Å². The van der Waals surface area contributed by atoms with E-state index in [0.29, 0.717) is 16.7 Å². The van der Waals surface area contributed by atoms with Gasteiger partial charge >= 0.3 is 0 Å². The highest BCUT2D eigenvalue weighted by Gasteiger charge is 2.33. The zero-order chi connectivity index (χ0) is 23.9. The average Bonchev–Trinajstić information content (AvgIpc) is 3.22. The van der Waals surface area contributed by atoms with Crippen LogP contribution in [0.4, 0.5) is 8.78 Å². The second-order valence-electron chi connectivity index (χ2n) is 7.03. The van der Waals surface area contributed by atoms with Crippen LogP contribution in [0.5, 0.6) is 0 Å². The van der Waals surface area contributed by atoms with Crippen molar-refractivity contribution in [2.75, 3.05) is 0 Å². The molecule has 0 fully saturated rings. The first-order chi connectivity index (χ1) is 15.9. The standard InChI is InChI=1S/C25H10F2N6/c1-12-17-4-2-15(26)6-19(17)22(14(10-30)11-31)24(12)33-25-18-5-3-16(27)7-20(18)21(23(25)32)13(8-28)9-29/h2-7H,1,32H2. The van der Waals surface area contributed by atoms with Crippen molar-refractivity contribution in [2.45, 2.75) is 0 Å². The number of benzene rings is 2. The minimum atomic E-state index is -0.604. The van der Waals surface area contributed by atoms with E-state index in [2.05, 4.69) is 11.6 Å². The van der Waals surface area contributed by atoms with Crippen molar-refractivity contribution < 1.29 is 8.78 Å². The number of allylic oxidation sites excluding steroid dienone is 5. The lowest BCUT2D eigenvalue weighted by atomic mass is 10.0. The Labute approximate surface area is 187 Å². The molecule has 8 heteroatoms. The molecular formula is C25H10F2N6. The maximum Gasteiger partial charge on any atom is 0.139 e. The number of nitriles is 4. The van der Waals surface area contributed by atoms with E-state index in [1.807, 2.05) is 0 Å². The Kier molecular flexibility index (Phi) is 4.92. The summed E-state index contributed by atoms with van der Waals surface area (Å²) in [5, 5.41) is 37.7. The average molecular weight is 432 g/mol. The van der Waals surface area contributed by atoms with Gasteiger partial charge in [-0.1, -0.05) is 12.6 Å². The van der Waals surface area contributed by atoms with Crippen molar-refractivity contribution in [1.29, 1.82) is 21.0 Å². The van der Waals surface area contributed by atoms with Gasteiger partial charge in [0.05, 0.1) is 17.1 Å². The monoisotopic (exact) mass is 432 g/mol. The summed E-state index contributed by atoms with van der Waals surface area (Å²) in [6.45, 7) is 3.99. The topological polar surface area (TPSA) is 134 Å². The molecule has 2 aromatic carbocycles. The third kappa shape index (κ3) is 3.08. The van der Waals surface area contributed by atoms with Gasteiger partial charge in [0.2, 0.25) is 0 Å². The molecule has 0 bridgehead atoms.